The van der Waals surface area contributed by atoms with Gasteiger partial charge in [-0.2, -0.15) is 0 Å². The molecule has 0 aromatic heterocycles. The molecule has 0 fully saturated rings. The van der Waals surface area contributed by atoms with E-state index in [2.05, 4.69) is 4.74 Å². The fraction of sp³-hybridized carbons (Fsp3) is 0.200. The predicted octanol–water partition coefficient (Wildman–Crippen LogP) is 0.395. The van der Waals surface area contributed by atoms with E-state index in [0.717, 1.165) is 0 Å². The lowest BCUT2D eigenvalue weighted by Gasteiger charge is -1.96. The van der Waals surface area contributed by atoms with Crippen LogP contribution >= 0.6 is 0 Å². The summed E-state index contributed by atoms with van der Waals surface area (Å²) >= 11 is 0. The minimum atomic E-state index is -1.85. The summed E-state index contributed by atoms with van der Waals surface area (Å²) in [5.41, 5.74) is 0. The molecule has 11 heavy (non-hydrogen) atoms. The number of ether oxygens (including phenoxy) is 1. The van der Waals surface area contributed by atoms with Crippen LogP contribution in [0.25, 0.3) is 0 Å². The van der Waals surface area contributed by atoms with Gasteiger partial charge in [-0.1, -0.05) is 0 Å². The second-order valence-electron chi connectivity index (χ2n) is 1.44. The molecule has 4 nitrogen and oxygen atoms in total. The molecular formula is C5H4F2O4. The first kappa shape index (κ1) is 9.54. The molecule has 0 aliphatic rings. The van der Waals surface area contributed by atoms with Crippen LogP contribution in [-0.2, 0) is 14.3 Å². The highest BCUT2D eigenvalue weighted by atomic mass is 19.2. The summed E-state index contributed by atoms with van der Waals surface area (Å²) in [7, 11) is 0. The minimum Gasteiger partial charge on any atom is -0.473 e. The molecule has 0 unspecified atom stereocenters. The molecule has 0 aliphatic heterocycles. The molecule has 0 spiro atoms. The summed E-state index contributed by atoms with van der Waals surface area (Å²) in [5, 5.41) is 7.86. The van der Waals surface area contributed by atoms with E-state index in [0.29, 0.717) is 0 Å². The van der Waals surface area contributed by atoms with Gasteiger partial charge in [0.2, 0.25) is 0 Å². The highest BCUT2D eigenvalue weighted by Gasteiger charge is 2.13. The van der Waals surface area contributed by atoms with E-state index in [4.69, 9.17) is 5.11 Å². The molecule has 0 amide bonds. The predicted molar refractivity (Wildman–Crippen MR) is 28.9 cm³/mol. The second kappa shape index (κ2) is 4.37. The van der Waals surface area contributed by atoms with E-state index in [1.54, 1.807) is 0 Å². The molecule has 0 radical (unpaired) electrons. The van der Waals surface area contributed by atoms with Crippen LogP contribution < -0.4 is 0 Å². The average molecular weight is 166 g/mol. The molecule has 0 heterocycles. The van der Waals surface area contributed by atoms with Gasteiger partial charge in [0, 0.05) is 0 Å². The molecule has 0 rings (SSSR count). The van der Waals surface area contributed by atoms with Crippen molar-refractivity contribution < 1.29 is 28.2 Å². The molecule has 0 aromatic carbocycles. The fourth-order valence-corrected chi connectivity index (χ4v) is 0.228. The Kier molecular flexibility index (Phi) is 3.79. The third-order valence-corrected chi connectivity index (χ3v) is 0.634. The van der Waals surface area contributed by atoms with Crippen molar-refractivity contribution in [3.63, 3.8) is 0 Å². The van der Waals surface area contributed by atoms with Gasteiger partial charge in [0.15, 0.2) is 5.83 Å². The van der Waals surface area contributed by atoms with E-state index < -0.39 is 30.7 Å². The number of carbonyl (C=O) groups is 2. The van der Waals surface area contributed by atoms with E-state index in [1.165, 1.54) is 0 Å². The Hall–Kier alpha value is -1.46. The first-order valence-electron chi connectivity index (χ1n) is 2.42. The Labute approximate surface area is 60.1 Å². The highest BCUT2D eigenvalue weighted by Crippen LogP contribution is 1.96. The Balaban J connectivity index is 3.72. The Morgan fingerprint density at radius 2 is 2.09 bits per heavy atom. The summed E-state index contributed by atoms with van der Waals surface area (Å²) in [6.07, 6.45) is -0.421. The second-order valence-corrected chi connectivity index (χ2v) is 1.44. The number of aliphatic carboxylic acids is 1. The standard InChI is InChI=1S/C5H4F2O4/c6-1-3(7)2-11-5(10)4(8)9/h1H,2H2,(H,8,9)/b3-1+. The van der Waals surface area contributed by atoms with Crippen LogP contribution in [0.5, 0.6) is 0 Å². The molecule has 6 heteroatoms. The van der Waals surface area contributed by atoms with Gasteiger partial charge in [-0.3, -0.25) is 0 Å². The monoisotopic (exact) mass is 166 g/mol. The van der Waals surface area contributed by atoms with Gasteiger partial charge >= 0.3 is 11.9 Å². The summed E-state index contributed by atoms with van der Waals surface area (Å²) in [5.74, 6) is -4.82. The molecule has 0 aromatic rings. The third kappa shape index (κ3) is 4.01. The van der Waals surface area contributed by atoms with Crippen molar-refractivity contribution in [1.82, 2.24) is 0 Å². The minimum absolute atomic E-state index is 0.421. The lowest BCUT2D eigenvalue weighted by atomic mass is 10.6. The van der Waals surface area contributed by atoms with Crippen LogP contribution in [0.15, 0.2) is 12.2 Å². The molecular weight excluding hydrogens is 162 g/mol. The van der Waals surface area contributed by atoms with Gasteiger partial charge in [0.05, 0.1) is 0 Å². The lowest BCUT2D eigenvalue weighted by molar-refractivity contribution is -0.163. The van der Waals surface area contributed by atoms with Gasteiger partial charge in [-0.15, -0.1) is 0 Å². The van der Waals surface area contributed by atoms with Crippen molar-refractivity contribution in [2.75, 3.05) is 6.61 Å². The number of hydrogen-bond acceptors (Lipinski definition) is 3. The fourth-order valence-electron chi connectivity index (χ4n) is 0.228. The topological polar surface area (TPSA) is 63.6 Å². The maximum atomic E-state index is 11.8. The molecule has 0 atom stereocenters. The van der Waals surface area contributed by atoms with Crippen LogP contribution in [-0.4, -0.2) is 23.7 Å². The van der Waals surface area contributed by atoms with Crippen molar-refractivity contribution in [2.24, 2.45) is 0 Å². The maximum Gasteiger partial charge on any atom is 0.417 e. The maximum absolute atomic E-state index is 11.8. The SMILES string of the molecule is O=C(O)C(=O)OC/C(F)=C\F. The molecule has 62 valence electrons. The van der Waals surface area contributed by atoms with Crippen LogP contribution in [0.2, 0.25) is 0 Å². The number of esters is 1. The van der Waals surface area contributed by atoms with Crippen molar-refractivity contribution in [3.8, 4) is 0 Å². The van der Waals surface area contributed by atoms with E-state index >= 15 is 0 Å². The Morgan fingerprint density at radius 3 is 2.45 bits per heavy atom. The van der Waals surface area contributed by atoms with Crippen LogP contribution in [0.3, 0.4) is 0 Å². The van der Waals surface area contributed by atoms with Crippen LogP contribution in [0.4, 0.5) is 8.78 Å². The van der Waals surface area contributed by atoms with Gasteiger partial charge in [0.25, 0.3) is 0 Å². The zero-order valence-electron chi connectivity index (χ0n) is 5.21. The summed E-state index contributed by atoms with van der Waals surface area (Å²) in [4.78, 5) is 19.7. The first-order chi connectivity index (χ1) is 5.07. The number of halogens is 2. The number of carboxylic acids is 1. The smallest absolute Gasteiger partial charge is 0.417 e. The van der Waals surface area contributed by atoms with Gasteiger partial charge < -0.3 is 9.84 Å². The molecule has 1 N–H and O–H groups in total. The van der Waals surface area contributed by atoms with Crippen molar-refractivity contribution >= 4 is 11.9 Å². The summed E-state index contributed by atoms with van der Waals surface area (Å²) in [6.45, 7) is -0.998. The Bertz CT molecular complexity index is 199. The molecule has 0 saturated carbocycles. The van der Waals surface area contributed by atoms with Gasteiger partial charge in [0.1, 0.15) is 12.9 Å². The van der Waals surface area contributed by atoms with Gasteiger partial charge in [-0.05, 0) is 0 Å². The lowest BCUT2D eigenvalue weighted by Crippen LogP contribution is -2.16. The largest absolute Gasteiger partial charge is 0.473 e. The molecule has 0 aliphatic carbocycles. The average Bonchev–Trinajstić information content (AvgIpc) is 1.99. The zero-order valence-corrected chi connectivity index (χ0v) is 5.21. The van der Waals surface area contributed by atoms with Crippen molar-refractivity contribution in [2.45, 2.75) is 0 Å². The summed E-state index contributed by atoms with van der Waals surface area (Å²) < 4.78 is 26.7. The summed E-state index contributed by atoms with van der Waals surface area (Å²) in [6, 6.07) is 0. The normalized spacial score (nSPS) is 10.9. The quantitative estimate of drug-likeness (QED) is 0.476. The molecule has 0 bridgehead atoms. The zero-order chi connectivity index (χ0) is 8.85. The van der Waals surface area contributed by atoms with Crippen molar-refractivity contribution in [3.05, 3.63) is 12.2 Å². The number of hydrogen-bond donors (Lipinski definition) is 1. The van der Waals surface area contributed by atoms with Crippen LogP contribution in [0.1, 0.15) is 0 Å². The van der Waals surface area contributed by atoms with E-state index in [-0.39, 0.29) is 0 Å². The van der Waals surface area contributed by atoms with E-state index in [9.17, 15) is 18.4 Å². The van der Waals surface area contributed by atoms with E-state index in [1.807, 2.05) is 0 Å². The first-order valence-corrected chi connectivity index (χ1v) is 2.42. The number of carbonyl (C=O) groups excluding carboxylic acids is 1. The van der Waals surface area contributed by atoms with Gasteiger partial charge in [-0.25, -0.2) is 18.4 Å². The number of carboxylic acid groups (broad SMARTS) is 1. The highest BCUT2D eigenvalue weighted by molar-refractivity contribution is 6.28. The Morgan fingerprint density at radius 1 is 1.55 bits per heavy atom. The van der Waals surface area contributed by atoms with Crippen LogP contribution in [0, 0.1) is 0 Å². The third-order valence-electron chi connectivity index (χ3n) is 0.634. The number of rotatable bonds is 2. The van der Waals surface area contributed by atoms with Crippen molar-refractivity contribution in [1.29, 1.82) is 0 Å². The molecule has 0 saturated heterocycles.